The highest BCUT2D eigenvalue weighted by Crippen LogP contribution is 2.18. The maximum absolute atomic E-state index is 5.60. The molecule has 0 aromatic heterocycles. The van der Waals surface area contributed by atoms with Crippen molar-refractivity contribution in [2.45, 2.75) is 32.1 Å². The number of ether oxygens (including phenoxy) is 1. The minimum Gasteiger partial charge on any atom is -0.381 e. The maximum Gasteiger partial charge on any atom is 0.0468 e. The Labute approximate surface area is 118 Å². The fourth-order valence-electron chi connectivity index (χ4n) is 3.24. The minimum absolute atomic E-state index is 0.800. The van der Waals surface area contributed by atoms with Crippen LogP contribution in [0.4, 0.5) is 0 Å². The lowest BCUT2D eigenvalue weighted by Crippen LogP contribution is -2.39. The third-order valence-corrected chi connectivity index (χ3v) is 4.66. The summed E-state index contributed by atoms with van der Waals surface area (Å²) < 4.78 is 5.40. The maximum atomic E-state index is 5.60. The van der Waals surface area contributed by atoms with Gasteiger partial charge in [-0.25, -0.2) is 0 Å². The van der Waals surface area contributed by atoms with E-state index in [1.54, 1.807) is 0 Å². The molecule has 0 radical (unpaired) electrons. The van der Waals surface area contributed by atoms with Crippen LogP contribution in [0, 0.1) is 11.8 Å². The molecule has 0 aliphatic carbocycles. The van der Waals surface area contributed by atoms with Crippen LogP contribution in [0.5, 0.6) is 0 Å². The topological polar surface area (TPSA) is 50.5 Å². The highest BCUT2D eigenvalue weighted by molar-refractivity contribution is 4.74. The number of nitrogens with two attached hydrogens (primary N) is 1. The summed E-state index contributed by atoms with van der Waals surface area (Å²) >= 11 is 0. The van der Waals surface area contributed by atoms with Crippen LogP contribution in [-0.4, -0.2) is 57.4 Å². The number of nitrogens with zero attached hydrogens (tertiary/aromatic N) is 1. The second kappa shape index (κ2) is 8.90. The van der Waals surface area contributed by atoms with Gasteiger partial charge in [-0.2, -0.15) is 0 Å². The predicted molar refractivity (Wildman–Crippen MR) is 79.2 cm³/mol. The van der Waals surface area contributed by atoms with Crippen molar-refractivity contribution in [2.24, 2.45) is 17.6 Å². The largest absolute Gasteiger partial charge is 0.381 e. The van der Waals surface area contributed by atoms with E-state index in [4.69, 9.17) is 10.5 Å². The molecule has 19 heavy (non-hydrogen) atoms. The van der Waals surface area contributed by atoms with Gasteiger partial charge in [0.05, 0.1) is 0 Å². The monoisotopic (exact) mass is 269 g/mol. The molecule has 0 bridgehead atoms. The first-order chi connectivity index (χ1) is 9.38. The molecular weight excluding hydrogens is 238 g/mol. The van der Waals surface area contributed by atoms with E-state index in [1.807, 2.05) is 0 Å². The van der Waals surface area contributed by atoms with Gasteiger partial charge in [0.2, 0.25) is 0 Å². The van der Waals surface area contributed by atoms with Crippen LogP contribution in [0.2, 0.25) is 0 Å². The fraction of sp³-hybridized carbons (Fsp3) is 1.00. The smallest absolute Gasteiger partial charge is 0.0468 e. The van der Waals surface area contributed by atoms with E-state index in [1.165, 1.54) is 58.3 Å². The van der Waals surface area contributed by atoms with Crippen molar-refractivity contribution in [3.63, 3.8) is 0 Å². The Morgan fingerprint density at radius 2 is 1.79 bits per heavy atom. The molecule has 2 fully saturated rings. The lowest BCUT2D eigenvalue weighted by Gasteiger charge is -2.31. The lowest BCUT2D eigenvalue weighted by molar-refractivity contribution is 0.0638. The number of piperidine rings is 1. The molecule has 0 amide bonds. The Hall–Kier alpha value is -0.160. The zero-order chi connectivity index (χ0) is 13.3. The summed E-state index contributed by atoms with van der Waals surface area (Å²) in [6, 6.07) is 0. The molecule has 2 heterocycles. The van der Waals surface area contributed by atoms with Crippen LogP contribution in [0.3, 0.4) is 0 Å². The summed E-state index contributed by atoms with van der Waals surface area (Å²) in [5, 5.41) is 3.67. The van der Waals surface area contributed by atoms with Gasteiger partial charge in [-0.05, 0) is 70.1 Å². The molecule has 0 aromatic rings. The van der Waals surface area contributed by atoms with Gasteiger partial charge < -0.3 is 20.7 Å². The number of hydrogen-bond donors (Lipinski definition) is 2. The summed E-state index contributed by atoms with van der Waals surface area (Å²) in [6.45, 7) is 8.70. The van der Waals surface area contributed by atoms with E-state index >= 15 is 0 Å². The molecule has 2 saturated heterocycles. The standard InChI is InChI=1S/C15H31N3O/c16-6-10-18-8-2-15(3-9-18)13-17-7-1-14-4-11-19-12-5-14/h14-15,17H,1-13,16H2. The Morgan fingerprint density at radius 1 is 1.05 bits per heavy atom. The Kier molecular flexibility index (Phi) is 7.14. The van der Waals surface area contributed by atoms with Crippen LogP contribution < -0.4 is 11.1 Å². The second-order valence-electron chi connectivity index (χ2n) is 6.12. The molecule has 0 unspecified atom stereocenters. The molecule has 4 heteroatoms. The normalized spacial score (nSPS) is 23.8. The third kappa shape index (κ3) is 5.78. The first kappa shape index (κ1) is 15.2. The Morgan fingerprint density at radius 3 is 2.47 bits per heavy atom. The highest BCUT2D eigenvalue weighted by atomic mass is 16.5. The molecule has 2 aliphatic rings. The second-order valence-corrected chi connectivity index (χ2v) is 6.12. The van der Waals surface area contributed by atoms with Crippen LogP contribution >= 0.6 is 0 Å². The Balaban J connectivity index is 1.47. The molecule has 0 saturated carbocycles. The van der Waals surface area contributed by atoms with Gasteiger partial charge in [0, 0.05) is 26.3 Å². The van der Waals surface area contributed by atoms with Gasteiger partial charge >= 0.3 is 0 Å². The third-order valence-electron chi connectivity index (χ3n) is 4.66. The van der Waals surface area contributed by atoms with E-state index in [0.717, 1.165) is 38.1 Å². The molecule has 0 atom stereocenters. The highest BCUT2D eigenvalue weighted by Gasteiger charge is 2.18. The van der Waals surface area contributed by atoms with E-state index in [9.17, 15) is 0 Å². The summed E-state index contributed by atoms with van der Waals surface area (Å²) in [7, 11) is 0. The van der Waals surface area contributed by atoms with Crippen LogP contribution in [0.15, 0.2) is 0 Å². The van der Waals surface area contributed by atoms with Gasteiger partial charge in [-0.15, -0.1) is 0 Å². The van der Waals surface area contributed by atoms with Gasteiger partial charge in [-0.1, -0.05) is 0 Å². The molecule has 3 N–H and O–H groups in total. The SMILES string of the molecule is NCCN1CCC(CNCCC2CCOCC2)CC1. The summed E-state index contributed by atoms with van der Waals surface area (Å²) in [5.74, 6) is 1.77. The zero-order valence-electron chi connectivity index (χ0n) is 12.3. The molecule has 0 spiro atoms. The molecule has 0 aromatic carbocycles. The average Bonchev–Trinajstić information content (AvgIpc) is 2.47. The molecule has 2 rings (SSSR count). The van der Waals surface area contributed by atoms with E-state index in [2.05, 4.69) is 10.2 Å². The number of rotatable bonds is 7. The van der Waals surface area contributed by atoms with Gasteiger partial charge in [0.1, 0.15) is 0 Å². The fourth-order valence-corrected chi connectivity index (χ4v) is 3.24. The van der Waals surface area contributed by atoms with Crippen molar-refractivity contribution in [2.75, 3.05) is 52.5 Å². The van der Waals surface area contributed by atoms with Crippen molar-refractivity contribution in [3.8, 4) is 0 Å². The summed E-state index contributed by atoms with van der Waals surface area (Å²) in [4.78, 5) is 2.50. The van der Waals surface area contributed by atoms with Crippen molar-refractivity contribution < 1.29 is 4.74 Å². The number of hydrogen-bond acceptors (Lipinski definition) is 4. The van der Waals surface area contributed by atoms with Crippen molar-refractivity contribution in [3.05, 3.63) is 0 Å². The van der Waals surface area contributed by atoms with E-state index < -0.39 is 0 Å². The van der Waals surface area contributed by atoms with Crippen molar-refractivity contribution in [1.29, 1.82) is 0 Å². The first-order valence-corrected chi connectivity index (χ1v) is 8.09. The van der Waals surface area contributed by atoms with Gasteiger partial charge in [0.15, 0.2) is 0 Å². The predicted octanol–water partition coefficient (Wildman–Crippen LogP) is 1.06. The molecule has 112 valence electrons. The molecule has 4 nitrogen and oxygen atoms in total. The zero-order valence-corrected chi connectivity index (χ0v) is 12.3. The van der Waals surface area contributed by atoms with Crippen molar-refractivity contribution >= 4 is 0 Å². The first-order valence-electron chi connectivity index (χ1n) is 8.09. The van der Waals surface area contributed by atoms with Gasteiger partial charge in [0.25, 0.3) is 0 Å². The summed E-state index contributed by atoms with van der Waals surface area (Å²) in [5.41, 5.74) is 5.60. The summed E-state index contributed by atoms with van der Waals surface area (Å²) in [6.07, 6.45) is 6.53. The van der Waals surface area contributed by atoms with E-state index in [0.29, 0.717) is 0 Å². The number of likely N-dealkylation sites (tertiary alicyclic amines) is 1. The van der Waals surface area contributed by atoms with Crippen LogP contribution in [0.25, 0.3) is 0 Å². The van der Waals surface area contributed by atoms with Crippen molar-refractivity contribution in [1.82, 2.24) is 10.2 Å². The molecular formula is C15H31N3O. The minimum atomic E-state index is 0.800. The van der Waals surface area contributed by atoms with Gasteiger partial charge in [-0.3, -0.25) is 0 Å². The Bertz CT molecular complexity index is 223. The molecule has 2 aliphatic heterocycles. The quantitative estimate of drug-likeness (QED) is 0.679. The average molecular weight is 269 g/mol. The van der Waals surface area contributed by atoms with Crippen LogP contribution in [0.1, 0.15) is 32.1 Å². The van der Waals surface area contributed by atoms with E-state index in [-0.39, 0.29) is 0 Å². The van der Waals surface area contributed by atoms with Crippen LogP contribution in [-0.2, 0) is 4.74 Å². The number of nitrogens with one attached hydrogen (secondary N) is 1. The lowest BCUT2D eigenvalue weighted by atomic mass is 9.95.